The van der Waals surface area contributed by atoms with E-state index >= 15 is 0 Å². The van der Waals surface area contributed by atoms with Crippen molar-refractivity contribution in [2.75, 3.05) is 39.1 Å². The van der Waals surface area contributed by atoms with E-state index in [-0.39, 0.29) is 11.5 Å². The van der Waals surface area contributed by atoms with Crippen LogP contribution in [0, 0.1) is 0 Å². The van der Waals surface area contributed by atoms with Crippen LogP contribution < -0.4 is 5.32 Å². The summed E-state index contributed by atoms with van der Waals surface area (Å²) in [6.45, 7) is 4.28. The molecule has 2 aromatic rings. The maximum absolute atomic E-state index is 11.7. The van der Waals surface area contributed by atoms with Gasteiger partial charge in [0.2, 0.25) is 0 Å². The van der Waals surface area contributed by atoms with Gasteiger partial charge in [0, 0.05) is 31.2 Å². The molecule has 0 bridgehead atoms. The second-order valence-corrected chi connectivity index (χ2v) is 6.34. The number of nitrogens with one attached hydrogen (secondary N) is 1. The molecule has 0 aliphatic rings. The number of carboxylic acid groups (broad SMARTS) is 1. The van der Waals surface area contributed by atoms with Crippen molar-refractivity contribution < 1.29 is 19.4 Å². The lowest BCUT2D eigenvalue weighted by Gasteiger charge is -2.10. The molecule has 1 heterocycles. The minimum Gasteiger partial charge on any atom is -0.478 e. The maximum atomic E-state index is 11.7. The molecular weight excluding hydrogens is 358 g/mol. The molecule has 0 unspecified atom stereocenters. The molecular formula is C21H29N3O4. The Bertz CT molecular complexity index is 703. The van der Waals surface area contributed by atoms with Crippen LogP contribution in [0.25, 0.3) is 0 Å². The average Bonchev–Trinajstić information content (AvgIpc) is 2.69. The highest BCUT2D eigenvalue weighted by molar-refractivity contribution is 5.89. The van der Waals surface area contributed by atoms with Gasteiger partial charge in [-0.25, -0.2) is 9.59 Å². The minimum absolute atomic E-state index is 0.220. The second kappa shape index (κ2) is 13.3. The smallest absolute Gasteiger partial charge is 0.338 e. The van der Waals surface area contributed by atoms with E-state index in [1.807, 2.05) is 31.1 Å². The first-order valence-electron chi connectivity index (χ1n) is 9.23. The van der Waals surface area contributed by atoms with Crippen LogP contribution in [0.1, 0.15) is 40.5 Å². The fraction of sp³-hybridized carbons (Fsp3) is 0.381. The lowest BCUT2D eigenvalue weighted by Crippen LogP contribution is -2.20. The molecule has 0 spiro atoms. The Kier molecular flexibility index (Phi) is 11.0. The van der Waals surface area contributed by atoms with E-state index in [0.717, 1.165) is 25.2 Å². The molecule has 1 aromatic carbocycles. The van der Waals surface area contributed by atoms with Crippen molar-refractivity contribution in [1.29, 1.82) is 0 Å². The van der Waals surface area contributed by atoms with E-state index in [0.29, 0.717) is 12.2 Å². The summed E-state index contributed by atoms with van der Waals surface area (Å²) in [5.41, 5.74) is 1.86. The number of aromatic nitrogens is 1. The van der Waals surface area contributed by atoms with Crippen LogP contribution in [0.3, 0.4) is 0 Å². The fourth-order valence-corrected chi connectivity index (χ4v) is 2.03. The Labute approximate surface area is 166 Å². The molecule has 7 heteroatoms. The molecule has 0 saturated heterocycles. The zero-order chi connectivity index (χ0) is 20.8. The second-order valence-electron chi connectivity index (χ2n) is 6.34. The number of nitrogens with zero attached hydrogens (tertiary/aromatic N) is 2. The molecule has 0 atom stereocenters. The zero-order valence-electron chi connectivity index (χ0n) is 16.7. The Hall–Kier alpha value is -2.93. The van der Waals surface area contributed by atoms with Crippen molar-refractivity contribution in [1.82, 2.24) is 9.88 Å². The standard InChI is InChI=1S/C15H24N2O2.C6H5NO2/c1-4-5-10-16-14-8-6-13(7-9-14)15(18)19-12-11-17(2)3;8-6(9)5-2-1-3-7-4-5/h6-9,16H,4-5,10-12H2,1-3H3;1-4H,(H,8,9). The van der Waals surface area contributed by atoms with Crippen molar-refractivity contribution in [2.45, 2.75) is 19.8 Å². The summed E-state index contributed by atoms with van der Waals surface area (Å²) in [7, 11) is 3.90. The molecule has 28 heavy (non-hydrogen) atoms. The molecule has 0 aliphatic heterocycles. The van der Waals surface area contributed by atoms with Gasteiger partial charge in [-0.05, 0) is 56.9 Å². The van der Waals surface area contributed by atoms with E-state index in [1.165, 1.54) is 24.9 Å². The highest BCUT2D eigenvalue weighted by Gasteiger charge is 2.06. The number of likely N-dealkylation sites (N-methyl/N-ethyl adjacent to an activating group) is 1. The number of hydrogen-bond donors (Lipinski definition) is 2. The van der Waals surface area contributed by atoms with Crippen LogP contribution in [0.2, 0.25) is 0 Å². The first-order chi connectivity index (χ1) is 13.4. The Morgan fingerprint density at radius 2 is 1.86 bits per heavy atom. The summed E-state index contributed by atoms with van der Waals surface area (Å²) in [5.74, 6) is -1.20. The van der Waals surface area contributed by atoms with Crippen LogP contribution in [0.15, 0.2) is 48.8 Å². The van der Waals surface area contributed by atoms with Crippen molar-refractivity contribution in [3.05, 3.63) is 59.9 Å². The van der Waals surface area contributed by atoms with Crippen molar-refractivity contribution in [2.24, 2.45) is 0 Å². The number of unbranched alkanes of at least 4 members (excludes halogenated alkanes) is 1. The highest BCUT2D eigenvalue weighted by atomic mass is 16.5. The van der Waals surface area contributed by atoms with Crippen molar-refractivity contribution in [3.8, 4) is 0 Å². The van der Waals surface area contributed by atoms with Gasteiger partial charge in [0.05, 0.1) is 11.1 Å². The topological polar surface area (TPSA) is 91.8 Å². The number of anilines is 1. The van der Waals surface area contributed by atoms with Gasteiger partial charge in [-0.1, -0.05) is 13.3 Å². The lowest BCUT2D eigenvalue weighted by molar-refractivity contribution is 0.0481. The third kappa shape index (κ3) is 9.68. The molecule has 0 saturated carbocycles. The lowest BCUT2D eigenvalue weighted by atomic mass is 10.2. The molecule has 0 aliphatic carbocycles. The number of carbonyl (C=O) groups excluding carboxylic acids is 1. The molecule has 7 nitrogen and oxygen atoms in total. The molecule has 2 N–H and O–H groups in total. The summed E-state index contributed by atoms with van der Waals surface area (Å²) in [5, 5.41) is 11.7. The molecule has 2 rings (SSSR count). The monoisotopic (exact) mass is 387 g/mol. The number of carbonyl (C=O) groups is 2. The van der Waals surface area contributed by atoms with Gasteiger partial charge in [-0.2, -0.15) is 0 Å². The normalized spacial score (nSPS) is 10.0. The number of ether oxygens (including phenoxy) is 1. The van der Waals surface area contributed by atoms with Crippen LogP contribution in [-0.4, -0.2) is 60.7 Å². The third-order valence-electron chi connectivity index (χ3n) is 3.66. The number of rotatable bonds is 9. The van der Waals surface area contributed by atoms with E-state index in [4.69, 9.17) is 9.84 Å². The zero-order valence-corrected chi connectivity index (χ0v) is 16.7. The average molecular weight is 387 g/mol. The largest absolute Gasteiger partial charge is 0.478 e. The van der Waals surface area contributed by atoms with Gasteiger partial charge < -0.3 is 20.1 Å². The number of aromatic carboxylic acids is 1. The number of carboxylic acids is 1. The van der Waals surface area contributed by atoms with Crippen LogP contribution in [-0.2, 0) is 4.74 Å². The predicted octanol–water partition coefficient (Wildman–Crippen LogP) is 3.40. The van der Waals surface area contributed by atoms with Gasteiger partial charge >= 0.3 is 11.9 Å². The number of hydrogen-bond acceptors (Lipinski definition) is 6. The summed E-state index contributed by atoms with van der Waals surface area (Å²) < 4.78 is 5.18. The van der Waals surface area contributed by atoms with E-state index < -0.39 is 5.97 Å². The van der Waals surface area contributed by atoms with Gasteiger partial charge in [0.25, 0.3) is 0 Å². The number of benzene rings is 1. The molecule has 0 radical (unpaired) electrons. The highest BCUT2D eigenvalue weighted by Crippen LogP contribution is 2.10. The van der Waals surface area contributed by atoms with E-state index in [1.54, 1.807) is 18.2 Å². The van der Waals surface area contributed by atoms with Gasteiger partial charge in [-0.3, -0.25) is 4.98 Å². The van der Waals surface area contributed by atoms with Crippen LogP contribution in [0.5, 0.6) is 0 Å². The quantitative estimate of drug-likeness (QED) is 0.503. The van der Waals surface area contributed by atoms with E-state index in [9.17, 15) is 9.59 Å². The summed E-state index contributed by atoms with van der Waals surface area (Å²) in [4.78, 5) is 27.5. The number of pyridine rings is 1. The van der Waals surface area contributed by atoms with Crippen molar-refractivity contribution in [3.63, 3.8) is 0 Å². The number of esters is 1. The molecule has 1 aromatic heterocycles. The van der Waals surface area contributed by atoms with Gasteiger partial charge in [0.15, 0.2) is 0 Å². The van der Waals surface area contributed by atoms with Crippen LogP contribution >= 0.6 is 0 Å². The Balaban J connectivity index is 0.000000362. The molecule has 0 fully saturated rings. The Morgan fingerprint density at radius 3 is 2.36 bits per heavy atom. The SMILES string of the molecule is CCCCNc1ccc(C(=O)OCCN(C)C)cc1.O=C(O)c1cccnc1. The first-order valence-corrected chi connectivity index (χ1v) is 9.23. The summed E-state index contributed by atoms with van der Waals surface area (Å²) >= 11 is 0. The molecule has 152 valence electrons. The van der Waals surface area contributed by atoms with E-state index in [2.05, 4.69) is 17.2 Å². The van der Waals surface area contributed by atoms with Gasteiger partial charge in [-0.15, -0.1) is 0 Å². The third-order valence-corrected chi connectivity index (χ3v) is 3.66. The summed E-state index contributed by atoms with van der Waals surface area (Å²) in [6, 6.07) is 10.5. The molecule has 0 amide bonds. The van der Waals surface area contributed by atoms with Gasteiger partial charge in [0.1, 0.15) is 6.61 Å². The Morgan fingerprint density at radius 1 is 1.14 bits per heavy atom. The summed E-state index contributed by atoms with van der Waals surface area (Å²) in [6.07, 6.45) is 5.16. The fourth-order valence-electron chi connectivity index (χ4n) is 2.03. The maximum Gasteiger partial charge on any atom is 0.338 e. The minimum atomic E-state index is -0.942. The van der Waals surface area contributed by atoms with Crippen molar-refractivity contribution >= 4 is 17.6 Å². The predicted molar refractivity (Wildman–Crippen MR) is 110 cm³/mol. The van der Waals surface area contributed by atoms with Crippen LogP contribution in [0.4, 0.5) is 5.69 Å². The first kappa shape index (κ1) is 23.1.